The second kappa shape index (κ2) is 7.29. The topological polar surface area (TPSA) is 42.5 Å². The summed E-state index contributed by atoms with van der Waals surface area (Å²) in [4.78, 5) is 0. The molecule has 1 fully saturated rings. The zero-order valence-electron chi connectivity index (χ0n) is 12.8. The Morgan fingerprint density at radius 1 is 1.05 bits per heavy atom. The first-order valence-corrected chi connectivity index (χ1v) is 7.65. The SMILES string of the molecule is COc1cc(C2CNCCN2)ccc1OCc1ccccc1. The first kappa shape index (κ1) is 14.9. The van der Waals surface area contributed by atoms with Crippen molar-refractivity contribution in [2.75, 3.05) is 26.7 Å². The third-order valence-electron chi connectivity index (χ3n) is 3.87. The molecule has 0 aliphatic carbocycles. The Labute approximate surface area is 131 Å². The summed E-state index contributed by atoms with van der Waals surface area (Å²) in [5.41, 5.74) is 2.36. The van der Waals surface area contributed by atoms with E-state index in [0.717, 1.165) is 36.7 Å². The molecule has 1 unspecified atom stereocenters. The molecule has 116 valence electrons. The summed E-state index contributed by atoms with van der Waals surface area (Å²) in [6.45, 7) is 3.48. The van der Waals surface area contributed by atoms with E-state index in [1.165, 1.54) is 5.56 Å². The standard InChI is InChI=1S/C18H22N2O2/c1-21-18-11-15(16-12-19-9-10-20-16)7-8-17(18)22-13-14-5-3-2-4-6-14/h2-8,11,16,19-20H,9-10,12-13H2,1H3. The van der Waals surface area contributed by atoms with Gasteiger partial charge in [-0.3, -0.25) is 0 Å². The number of nitrogens with one attached hydrogen (secondary N) is 2. The second-order valence-electron chi connectivity index (χ2n) is 5.40. The van der Waals surface area contributed by atoms with Crippen LogP contribution < -0.4 is 20.1 Å². The molecule has 0 radical (unpaired) electrons. The zero-order chi connectivity index (χ0) is 15.2. The summed E-state index contributed by atoms with van der Waals surface area (Å²) in [6, 6.07) is 16.6. The lowest BCUT2D eigenvalue weighted by Gasteiger charge is -2.25. The van der Waals surface area contributed by atoms with E-state index in [4.69, 9.17) is 9.47 Å². The van der Waals surface area contributed by atoms with Gasteiger partial charge in [0, 0.05) is 25.7 Å². The average Bonchev–Trinajstić information content (AvgIpc) is 2.61. The van der Waals surface area contributed by atoms with Gasteiger partial charge in [0.2, 0.25) is 0 Å². The minimum Gasteiger partial charge on any atom is -0.493 e. The van der Waals surface area contributed by atoms with Crippen LogP contribution in [0.5, 0.6) is 11.5 Å². The minimum atomic E-state index is 0.325. The van der Waals surface area contributed by atoms with Gasteiger partial charge in [0.15, 0.2) is 11.5 Å². The molecule has 0 bridgehead atoms. The molecule has 0 saturated carbocycles. The van der Waals surface area contributed by atoms with E-state index in [0.29, 0.717) is 12.6 Å². The van der Waals surface area contributed by atoms with Gasteiger partial charge in [0.1, 0.15) is 6.61 Å². The van der Waals surface area contributed by atoms with Crippen LogP contribution in [0, 0.1) is 0 Å². The molecule has 1 aliphatic rings. The zero-order valence-corrected chi connectivity index (χ0v) is 12.8. The fourth-order valence-electron chi connectivity index (χ4n) is 2.64. The van der Waals surface area contributed by atoms with Gasteiger partial charge in [-0.1, -0.05) is 36.4 Å². The molecule has 2 aromatic carbocycles. The Morgan fingerprint density at radius 2 is 1.91 bits per heavy atom. The van der Waals surface area contributed by atoms with Gasteiger partial charge in [0.25, 0.3) is 0 Å². The minimum absolute atomic E-state index is 0.325. The van der Waals surface area contributed by atoms with E-state index in [1.807, 2.05) is 24.3 Å². The molecule has 4 nitrogen and oxygen atoms in total. The lowest BCUT2D eigenvalue weighted by molar-refractivity contribution is 0.284. The van der Waals surface area contributed by atoms with E-state index >= 15 is 0 Å². The highest BCUT2D eigenvalue weighted by molar-refractivity contribution is 5.44. The van der Waals surface area contributed by atoms with Gasteiger partial charge in [0.05, 0.1) is 7.11 Å². The van der Waals surface area contributed by atoms with E-state index < -0.39 is 0 Å². The first-order chi connectivity index (χ1) is 10.9. The summed E-state index contributed by atoms with van der Waals surface area (Å²) < 4.78 is 11.4. The number of hydrogen-bond donors (Lipinski definition) is 2. The summed E-state index contributed by atoms with van der Waals surface area (Å²) in [6.07, 6.45) is 0. The number of methoxy groups -OCH3 is 1. The van der Waals surface area contributed by atoms with Crippen molar-refractivity contribution in [3.8, 4) is 11.5 Å². The molecule has 0 aromatic heterocycles. The Bertz CT molecular complexity index is 595. The van der Waals surface area contributed by atoms with E-state index in [1.54, 1.807) is 7.11 Å². The summed E-state index contributed by atoms with van der Waals surface area (Å²) >= 11 is 0. The second-order valence-corrected chi connectivity index (χ2v) is 5.40. The van der Waals surface area contributed by atoms with Crippen LogP contribution in [0.25, 0.3) is 0 Å². The third kappa shape index (κ3) is 3.59. The largest absolute Gasteiger partial charge is 0.493 e. The molecule has 22 heavy (non-hydrogen) atoms. The lowest BCUT2D eigenvalue weighted by atomic mass is 10.0. The van der Waals surface area contributed by atoms with Crippen LogP contribution in [0.3, 0.4) is 0 Å². The molecule has 1 saturated heterocycles. The van der Waals surface area contributed by atoms with Crippen LogP contribution in [-0.4, -0.2) is 26.7 Å². The quantitative estimate of drug-likeness (QED) is 0.890. The average molecular weight is 298 g/mol. The molecule has 1 atom stereocenters. The van der Waals surface area contributed by atoms with Crippen molar-refractivity contribution in [3.05, 3.63) is 59.7 Å². The van der Waals surface area contributed by atoms with Gasteiger partial charge >= 0.3 is 0 Å². The summed E-state index contributed by atoms with van der Waals surface area (Å²) in [5, 5.41) is 6.90. The highest BCUT2D eigenvalue weighted by Gasteiger charge is 2.16. The first-order valence-electron chi connectivity index (χ1n) is 7.65. The van der Waals surface area contributed by atoms with E-state index in [-0.39, 0.29) is 0 Å². The van der Waals surface area contributed by atoms with Gasteiger partial charge in [-0.05, 0) is 23.3 Å². The predicted molar refractivity (Wildman–Crippen MR) is 87.4 cm³/mol. The van der Waals surface area contributed by atoms with Crippen molar-refractivity contribution >= 4 is 0 Å². The van der Waals surface area contributed by atoms with Crippen LogP contribution in [0.1, 0.15) is 17.2 Å². The third-order valence-corrected chi connectivity index (χ3v) is 3.87. The van der Waals surface area contributed by atoms with Crippen molar-refractivity contribution in [1.82, 2.24) is 10.6 Å². The molecular weight excluding hydrogens is 276 g/mol. The van der Waals surface area contributed by atoms with Crippen molar-refractivity contribution < 1.29 is 9.47 Å². The van der Waals surface area contributed by atoms with E-state index in [9.17, 15) is 0 Å². The molecule has 2 aromatic rings. The smallest absolute Gasteiger partial charge is 0.161 e. The molecule has 1 heterocycles. The Balaban J connectivity index is 1.71. The molecule has 2 N–H and O–H groups in total. The molecular formula is C18H22N2O2. The lowest BCUT2D eigenvalue weighted by Crippen LogP contribution is -2.42. The predicted octanol–water partition coefficient (Wildman–Crippen LogP) is 2.51. The number of rotatable bonds is 5. The maximum Gasteiger partial charge on any atom is 0.161 e. The highest BCUT2D eigenvalue weighted by Crippen LogP contribution is 2.31. The van der Waals surface area contributed by atoms with Crippen LogP contribution in [0.15, 0.2) is 48.5 Å². The monoisotopic (exact) mass is 298 g/mol. The fraction of sp³-hybridized carbons (Fsp3) is 0.333. The van der Waals surface area contributed by atoms with Crippen LogP contribution in [0.4, 0.5) is 0 Å². The van der Waals surface area contributed by atoms with Crippen molar-refractivity contribution in [3.63, 3.8) is 0 Å². The van der Waals surface area contributed by atoms with Gasteiger partial charge in [-0.15, -0.1) is 0 Å². The normalized spacial score (nSPS) is 18.0. The maximum atomic E-state index is 5.90. The Hall–Kier alpha value is -2.04. The Morgan fingerprint density at radius 3 is 2.64 bits per heavy atom. The molecule has 1 aliphatic heterocycles. The van der Waals surface area contributed by atoms with E-state index in [2.05, 4.69) is 34.9 Å². The molecule has 0 amide bonds. The van der Waals surface area contributed by atoms with Crippen molar-refractivity contribution in [2.45, 2.75) is 12.6 Å². The summed E-state index contributed by atoms with van der Waals surface area (Å²) in [7, 11) is 1.68. The molecule has 0 spiro atoms. The van der Waals surface area contributed by atoms with Crippen LogP contribution >= 0.6 is 0 Å². The number of piperazine rings is 1. The van der Waals surface area contributed by atoms with Crippen LogP contribution in [-0.2, 0) is 6.61 Å². The van der Waals surface area contributed by atoms with Gasteiger partial charge < -0.3 is 20.1 Å². The Kier molecular flexibility index (Phi) is 4.93. The summed E-state index contributed by atoms with van der Waals surface area (Å²) in [5.74, 6) is 1.56. The maximum absolute atomic E-state index is 5.90. The van der Waals surface area contributed by atoms with Gasteiger partial charge in [-0.2, -0.15) is 0 Å². The number of ether oxygens (including phenoxy) is 2. The fourth-order valence-corrected chi connectivity index (χ4v) is 2.64. The highest BCUT2D eigenvalue weighted by atomic mass is 16.5. The number of hydrogen-bond acceptors (Lipinski definition) is 4. The van der Waals surface area contributed by atoms with Crippen molar-refractivity contribution in [1.29, 1.82) is 0 Å². The molecule has 4 heteroatoms. The van der Waals surface area contributed by atoms with Crippen LogP contribution in [0.2, 0.25) is 0 Å². The van der Waals surface area contributed by atoms with Crippen molar-refractivity contribution in [2.24, 2.45) is 0 Å². The molecule has 3 rings (SSSR count). The van der Waals surface area contributed by atoms with Gasteiger partial charge in [-0.25, -0.2) is 0 Å². The number of benzene rings is 2.